The number of hydrogen-bond acceptors (Lipinski definition) is 5. The summed E-state index contributed by atoms with van der Waals surface area (Å²) in [5.74, 6) is -1.67. The molecule has 1 aliphatic carbocycles. The molecular formula is C19H35AcN2O5-. The Balaban J connectivity index is 0.00000676. The molecule has 1 saturated carbocycles. The SMILES string of the molecule is CCOC(=O)[C@H]1C[C@@H](NC(=O)OC(C)(C)C)[C@H](C([NH-])C(CC)CC)[C@@H]1O.[Ac]. The third kappa shape index (κ3) is 7.80. The van der Waals surface area contributed by atoms with Crippen LogP contribution < -0.4 is 5.32 Å². The zero-order chi connectivity index (χ0) is 20.1. The summed E-state index contributed by atoms with van der Waals surface area (Å²) in [4.78, 5) is 24.4. The molecule has 0 aromatic carbocycles. The first-order chi connectivity index (χ1) is 12.1. The van der Waals surface area contributed by atoms with Crippen molar-refractivity contribution in [2.24, 2.45) is 17.8 Å². The number of carbonyl (C=O) groups excluding carboxylic acids is 2. The predicted molar refractivity (Wildman–Crippen MR) is 99.6 cm³/mol. The van der Waals surface area contributed by atoms with E-state index in [4.69, 9.17) is 15.2 Å². The van der Waals surface area contributed by atoms with Crippen molar-refractivity contribution in [3.63, 3.8) is 0 Å². The van der Waals surface area contributed by atoms with Gasteiger partial charge in [-0.25, -0.2) is 4.79 Å². The standard InChI is InChI=1S/C19H35N2O5.Ac/c1-7-11(8-2)15(20)14-13(21-18(24)26-19(4,5)6)10-12(16(14)22)17(23)25-9-3;/h11-16,20,22H,7-10H2,1-6H3,(H,21,24);/q-1;/t12-,13+,14+,15?,16+;/m0./s1. The van der Waals surface area contributed by atoms with Crippen molar-refractivity contribution in [3.8, 4) is 0 Å². The average Bonchev–Trinajstić information content (AvgIpc) is 2.83. The first-order valence-corrected chi connectivity index (χ1v) is 9.60. The quantitative estimate of drug-likeness (QED) is 0.438. The predicted octanol–water partition coefficient (Wildman–Crippen LogP) is 3.30. The largest absolute Gasteiger partial charge is 0.674 e. The Bertz CT molecular complexity index is 479. The van der Waals surface area contributed by atoms with Gasteiger partial charge in [-0.1, -0.05) is 32.6 Å². The summed E-state index contributed by atoms with van der Waals surface area (Å²) < 4.78 is 10.4. The number of alkyl carbamates (subject to hydrolysis) is 1. The van der Waals surface area contributed by atoms with E-state index in [-0.39, 0.29) is 63.0 Å². The van der Waals surface area contributed by atoms with E-state index in [0.29, 0.717) is 0 Å². The molecule has 1 amide bonds. The maximum Gasteiger partial charge on any atom is 0.407 e. The van der Waals surface area contributed by atoms with E-state index in [2.05, 4.69) is 5.32 Å². The second-order valence-electron chi connectivity index (χ2n) is 8.02. The second kappa shape index (κ2) is 11.9. The fraction of sp³-hybridized carbons (Fsp3) is 0.895. The molecule has 0 aromatic heterocycles. The number of carbonyl (C=O) groups is 2. The van der Waals surface area contributed by atoms with E-state index in [1.54, 1.807) is 27.7 Å². The van der Waals surface area contributed by atoms with Gasteiger partial charge in [0.15, 0.2) is 0 Å². The Hall–Kier alpha value is 0.102. The van der Waals surface area contributed by atoms with Gasteiger partial charge < -0.3 is 25.6 Å². The topological polar surface area (TPSA) is 109 Å². The maximum absolute atomic E-state index is 12.2. The zero-order valence-electron chi connectivity index (χ0n) is 17.5. The van der Waals surface area contributed by atoms with Crippen LogP contribution in [-0.2, 0) is 14.3 Å². The molecular weight excluding hydrogens is 563 g/mol. The fourth-order valence-electron chi connectivity index (χ4n) is 3.75. The van der Waals surface area contributed by atoms with Crippen LogP contribution in [0.1, 0.15) is 60.8 Å². The van der Waals surface area contributed by atoms with Gasteiger partial charge in [-0.15, -0.1) is 6.04 Å². The van der Waals surface area contributed by atoms with Crippen molar-refractivity contribution >= 4 is 12.1 Å². The van der Waals surface area contributed by atoms with Gasteiger partial charge in [-0.05, 0) is 40.0 Å². The van der Waals surface area contributed by atoms with E-state index in [1.165, 1.54) is 0 Å². The maximum atomic E-state index is 12.2. The summed E-state index contributed by atoms with van der Waals surface area (Å²) >= 11 is 0. The van der Waals surface area contributed by atoms with E-state index in [9.17, 15) is 14.7 Å². The Morgan fingerprint density at radius 3 is 2.22 bits per heavy atom. The number of aliphatic hydroxyl groups is 1. The number of esters is 1. The van der Waals surface area contributed by atoms with Crippen LogP contribution in [0, 0.1) is 61.8 Å². The second-order valence-corrected chi connectivity index (χ2v) is 8.02. The van der Waals surface area contributed by atoms with Crippen molar-refractivity contribution in [3.05, 3.63) is 5.73 Å². The molecule has 1 aliphatic rings. The van der Waals surface area contributed by atoms with E-state index < -0.39 is 47.7 Å². The van der Waals surface area contributed by atoms with Crippen LogP contribution in [-0.4, -0.2) is 47.6 Å². The van der Waals surface area contributed by atoms with Gasteiger partial charge >= 0.3 is 12.1 Å². The molecule has 1 rings (SSSR count). The van der Waals surface area contributed by atoms with Gasteiger partial charge in [-0.2, -0.15) is 0 Å². The molecule has 7 nitrogen and oxygen atoms in total. The minimum atomic E-state index is -1.02. The number of aliphatic hydroxyl groups excluding tert-OH is 1. The molecule has 0 saturated heterocycles. The van der Waals surface area contributed by atoms with Gasteiger partial charge in [-0.3, -0.25) is 4.79 Å². The van der Waals surface area contributed by atoms with Crippen molar-refractivity contribution < 1.29 is 68.2 Å². The van der Waals surface area contributed by atoms with Crippen LogP contribution in [0.15, 0.2) is 0 Å². The van der Waals surface area contributed by atoms with Gasteiger partial charge in [0.05, 0.1) is 18.6 Å². The summed E-state index contributed by atoms with van der Waals surface area (Å²) in [5, 5.41) is 13.5. The summed E-state index contributed by atoms with van der Waals surface area (Å²) in [7, 11) is 0. The van der Waals surface area contributed by atoms with Crippen LogP contribution in [0.3, 0.4) is 0 Å². The Labute approximate surface area is 199 Å². The number of rotatable bonds is 7. The Morgan fingerprint density at radius 1 is 1.22 bits per heavy atom. The third-order valence-electron chi connectivity index (χ3n) is 5.04. The first-order valence-electron chi connectivity index (χ1n) is 9.60. The van der Waals surface area contributed by atoms with Gasteiger partial charge in [0.2, 0.25) is 0 Å². The summed E-state index contributed by atoms with van der Waals surface area (Å²) in [6.45, 7) is 11.3. The van der Waals surface area contributed by atoms with Crippen molar-refractivity contribution in [1.82, 2.24) is 5.32 Å². The van der Waals surface area contributed by atoms with Crippen LogP contribution in [0.4, 0.5) is 4.79 Å². The Morgan fingerprint density at radius 2 is 1.78 bits per heavy atom. The zero-order valence-corrected chi connectivity index (χ0v) is 22.2. The van der Waals surface area contributed by atoms with Gasteiger partial charge in [0.25, 0.3) is 0 Å². The minimum absolute atomic E-state index is 0. The number of hydrogen-bond donors (Lipinski definition) is 2. The van der Waals surface area contributed by atoms with Crippen LogP contribution in [0.25, 0.3) is 5.73 Å². The molecule has 8 heteroatoms. The smallest absolute Gasteiger partial charge is 0.407 e. The van der Waals surface area contributed by atoms with Gasteiger partial charge in [0, 0.05) is 50.1 Å². The molecule has 1 radical (unpaired) electrons. The summed E-state index contributed by atoms with van der Waals surface area (Å²) in [6.07, 6.45) is 0.242. The molecule has 0 bridgehead atoms. The molecule has 0 aliphatic heterocycles. The third-order valence-corrected chi connectivity index (χ3v) is 5.04. The fourth-order valence-corrected chi connectivity index (χ4v) is 3.75. The van der Waals surface area contributed by atoms with Crippen LogP contribution >= 0.6 is 0 Å². The van der Waals surface area contributed by atoms with E-state index in [0.717, 1.165) is 12.8 Å². The Kier molecular flexibility index (Phi) is 12.0. The molecule has 1 fully saturated rings. The number of amides is 1. The number of nitrogens with one attached hydrogen (secondary N) is 2. The van der Waals surface area contributed by atoms with Crippen LogP contribution in [0.5, 0.6) is 0 Å². The van der Waals surface area contributed by atoms with E-state index >= 15 is 0 Å². The summed E-state index contributed by atoms with van der Waals surface area (Å²) in [5.41, 5.74) is 7.99. The molecule has 5 atom stereocenters. The minimum Gasteiger partial charge on any atom is -0.674 e. The molecule has 0 aromatic rings. The van der Waals surface area contributed by atoms with Crippen molar-refractivity contribution in [2.75, 3.05) is 6.61 Å². The molecule has 155 valence electrons. The normalized spacial score (nSPS) is 26.3. The van der Waals surface area contributed by atoms with Gasteiger partial charge in [0.1, 0.15) is 5.60 Å². The monoisotopic (exact) mass is 598 g/mol. The van der Waals surface area contributed by atoms with Crippen molar-refractivity contribution in [2.45, 2.75) is 84.6 Å². The van der Waals surface area contributed by atoms with Crippen LogP contribution in [0.2, 0.25) is 0 Å². The average molecular weight is 598 g/mol. The molecule has 3 N–H and O–H groups in total. The van der Waals surface area contributed by atoms with E-state index in [1.807, 2.05) is 13.8 Å². The number of ether oxygens (including phenoxy) is 2. The molecule has 0 spiro atoms. The molecule has 27 heavy (non-hydrogen) atoms. The summed E-state index contributed by atoms with van der Waals surface area (Å²) in [6, 6.07) is -1.09. The first kappa shape index (κ1) is 27.1. The molecule has 0 heterocycles. The van der Waals surface area contributed by atoms with Crippen molar-refractivity contribution in [1.29, 1.82) is 0 Å². The molecule has 1 unspecified atom stereocenters.